The van der Waals surface area contributed by atoms with Gasteiger partial charge in [-0.2, -0.15) is 0 Å². The number of nitrogens with zero attached hydrogens (tertiary/aromatic N) is 1. The number of benzene rings is 1. The van der Waals surface area contributed by atoms with Gasteiger partial charge in [-0.25, -0.2) is 0 Å². The number of nitrogens with two attached hydrogens (primary N) is 4. The number of aliphatic imine (C=N–C) groups is 1. The first-order valence-corrected chi connectivity index (χ1v) is 13.3. The fourth-order valence-corrected chi connectivity index (χ4v) is 3.70. The van der Waals surface area contributed by atoms with Crippen LogP contribution in [0.2, 0.25) is 0 Å². The van der Waals surface area contributed by atoms with Crippen LogP contribution in [0.1, 0.15) is 38.7 Å². The van der Waals surface area contributed by atoms with E-state index in [1.807, 2.05) is 37.3 Å². The SMILES string of the molecule is CC[C@H](C)[C@H](NC(=O)[C@@H](N)Cc1ccccc1)C(=O)NCC(=O)N[C@@H](CO)C(=O)N[C@@H](CCCN=C(N)N)C(N)=O. The molecule has 0 fully saturated rings. The van der Waals surface area contributed by atoms with E-state index in [0.29, 0.717) is 12.8 Å². The zero-order valence-electron chi connectivity index (χ0n) is 23.5. The first-order valence-electron chi connectivity index (χ1n) is 13.3. The van der Waals surface area contributed by atoms with E-state index in [1.54, 1.807) is 6.92 Å². The van der Waals surface area contributed by atoms with Crippen molar-refractivity contribution in [2.45, 2.75) is 63.7 Å². The van der Waals surface area contributed by atoms with E-state index in [2.05, 4.69) is 26.3 Å². The molecule has 1 aromatic carbocycles. The predicted octanol–water partition coefficient (Wildman–Crippen LogP) is -3.30. The number of aliphatic hydroxyl groups excluding tert-OH is 1. The average Bonchev–Trinajstić information content (AvgIpc) is 2.94. The van der Waals surface area contributed by atoms with E-state index in [9.17, 15) is 29.1 Å². The second-order valence-electron chi connectivity index (χ2n) is 9.60. The normalized spacial score (nSPS) is 14.3. The highest BCUT2D eigenvalue weighted by Crippen LogP contribution is 2.09. The van der Waals surface area contributed by atoms with Gasteiger partial charge in [0.05, 0.1) is 19.2 Å². The van der Waals surface area contributed by atoms with Crippen LogP contribution >= 0.6 is 0 Å². The Bertz CT molecular complexity index is 1050. The summed E-state index contributed by atoms with van der Waals surface area (Å²) in [5, 5.41) is 19.4. The summed E-state index contributed by atoms with van der Waals surface area (Å²) in [6.07, 6.45) is 1.29. The van der Waals surface area contributed by atoms with E-state index in [4.69, 9.17) is 22.9 Å². The van der Waals surface area contributed by atoms with Gasteiger partial charge in [-0.05, 0) is 30.7 Å². The maximum Gasteiger partial charge on any atom is 0.245 e. The predicted molar refractivity (Wildman–Crippen MR) is 153 cm³/mol. The lowest BCUT2D eigenvalue weighted by Crippen LogP contribution is -2.57. The Balaban J connectivity index is 2.68. The first-order chi connectivity index (χ1) is 19.4. The van der Waals surface area contributed by atoms with Gasteiger partial charge in [0.1, 0.15) is 18.1 Å². The molecule has 13 N–H and O–H groups in total. The van der Waals surface area contributed by atoms with E-state index in [0.717, 1.165) is 5.56 Å². The Kier molecular flexibility index (Phi) is 15.4. The fourth-order valence-electron chi connectivity index (χ4n) is 3.70. The second kappa shape index (κ2) is 18.2. The van der Waals surface area contributed by atoms with Crippen molar-refractivity contribution in [1.29, 1.82) is 0 Å². The van der Waals surface area contributed by atoms with Crippen molar-refractivity contribution in [3.05, 3.63) is 35.9 Å². The number of guanidine groups is 1. The van der Waals surface area contributed by atoms with Crippen LogP contribution < -0.4 is 44.2 Å². The van der Waals surface area contributed by atoms with Crippen LogP contribution in [0.4, 0.5) is 0 Å². The number of carbonyl (C=O) groups excluding carboxylic acids is 5. The molecule has 0 aromatic heterocycles. The first kappa shape index (κ1) is 34.8. The molecule has 0 aliphatic rings. The van der Waals surface area contributed by atoms with Gasteiger partial charge in [0, 0.05) is 6.54 Å². The third kappa shape index (κ3) is 13.1. The third-order valence-corrected chi connectivity index (χ3v) is 6.29. The standard InChI is InChI=1S/C26H43N9O6/c1-3-15(2)21(35-23(39)17(27)12-16-8-5-4-6-9-16)25(41)32-13-20(37)33-19(14-36)24(40)34-18(22(28)38)10-7-11-31-26(29)30/h4-6,8-9,15,17-19,21,36H,3,7,10-14,27H2,1-2H3,(H2,28,38)(H,32,41)(H,33,37)(H,34,40)(H,35,39)(H4,29,30,31)/t15-,17-,18-,19-,21-/m0/s1. The van der Waals surface area contributed by atoms with Crippen molar-refractivity contribution in [2.24, 2.45) is 33.8 Å². The molecule has 0 radical (unpaired) electrons. The monoisotopic (exact) mass is 577 g/mol. The summed E-state index contributed by atoms with van der Waals surface area (Å²) in [6.45, 7) is 2.50. The van der Waals surface area contributed by atoms with Crippen molar-refractivity contribution in [2.75, 3.05) is 19.7 Å². The largest absolute Gasteiger partial charge is 0.394 e. The minimum absolute atomic E-state index is 0.121. The molecule has 1 rings (SSSR count). The Morgan fingerprint density at radius 1 is 0.927 bits per heavy atom. The zero-order chi connectivity index (χ0) is 30.9. The summed E-state index contributed by atoms with van der Waals surface area (Å²) in [6, 6.07) is 4.84. The van der Waals surface area contributed by atoms with Gasteiger partial charge in [0.15, 0.2) is 5.96 Å². The molecule has 41 heavy (non-hydrogen) atoms. The van der Waals surface area contributed by atoms with Crippen LogP contribution in [0.5, 0.6) is 0 Å². The lowest BCUT2D eigenvalue weighted by atomic mass is 9.97. The third-order valence-electron chi connectivity index (χ3n) is 6.29. The number of hydrogen-bond acceptors (Lipinski definition) is 8. The summed E-state index contributed by atoms with van der Waals surface area (Å²) in [7, 11) is 0. The molecule has 0 saturated carbocycles. The lowest BCUT2D eigenvalue weighted by molar-refractivity contribution is -0.133. The molecule has 0 bridgehead atoms. The molecule has 1 aromatic rings. The molecule has 0 spiro atoms. The van der Waals surface area contributed by atoms with E-state index < -0.39 is 66.9 Å². The molecule has 5 amide bonds. The number of carbonyl (C=O) groups is 5. The molecule has 0 heterocycles. The summed E-state index contributed by atoms with van der Waals surface area (Å²) < 4.78 is 0. The molecule has 5 atom stereocenters. The highest BCUT2D eigenvalue weighted by atomic mass is 16.3. The van der Waals surface area contributed by atoms with Crippen LogP contribution in [0.15, 0.2) is 35.3 Å². The minimum atomic E-state index is -1.42. The van der Waals surface area contributed by atoms with Gasteiger partial charge < -0.3 is 49.3 Å². The van der Waals surface area contributed by atoms with Crippen LogP contribution in [0, 0.1) is 5.92 Å². The Hall–Kier alpha value is -4.24. The maximum atomic E-state index is 12.9. The summed E-state index contributed by atoms with van der Waals surface area (Å²) >= 11 is 0. The number of amides is 5. The van der Waals surface area contributed by atoms with E-state index in [-0.39, 0.29) is 31.3 Å². The molecule has 0 aliphatic carbocycles. The summed E-state index contributed by atoms with van der Waals surface area (Å²) in [4.78, 5) is 66.1. The molecular weight excluding hydrogens is 534 g/mol. The van der Waals surface area contributed by atoms with Crippen molar-refractivity contribution < 1.29 is 29.1 Å². The van der Waals surface area contributed by atoms with Crippen molar-refractivity contribution in [1.82, 2.24) is 21.3 Å². The quantitative estimate of drug-likeness (QED) is 0.0479. The summed E-state index contributed by atoms with van der Waals surface area (Å²) in [5.74, 6) is -3.99. The van der Waals surface area contributed by atoms with Gasteiger partial charge in [-0.15, -0.1) is 0 Å². The fraction of sp³-hybridized carbons (Fsp3) is 0.538. The van der Waals surface area contributed by atoms with Crippen LogP contribution in [-0.2, 0) is 30.4 Å². The highest BCUT2D eigenvalue weighted by molar-refractivity contribution is 5.94. The molecule has 0 unspecified atom stereocenters. The number of hydrogen-bond donors (Lipinski definition) is 9. The van der Waals surface area contributed by atoms with Crippen LogP contribution in [-0.4, -0.2) is 84.5 Å². The van der Waals surface area contributed by atoms with Crippen molar-refractivity contribution in [3.8, 4) is 0 Å². The molecular formula is C26H43N9O6. The zero-order valence-corrected chi connectivity index (χ0v) is 23.5. The molecule has 15 heteroatoms. The Morgan fingerprint density at radius 3 is 2.15 bits per heavy atom. The maximum absolute atomic E-state index is 12.9. The molecule has 228 valence electrons. The smallest absolute Gasteiger partial charge is 0.245 e. The van der Waals surface area contributed by atoms with Gasteiger partial charge in [-0.3, -0.25) is 29.0 Å². The van der Waals surface area contributed by atoms with Crippen LogP contribution in [0.3, 0.4) is 0 Å². The van der Waals surface area contributed by atoms with Gasteiger partial charge >= 0.3 is 0 Å². The van der Waals surface area contributed by atoms with Gasteiger partial charge in [-0.1, -0.05) is 50.6 Å². The Morgan fingerprint density at radius 2 is 1.59 bits per heavy atom. The Labute approximate surface area is 239 Å². The number of nitrogens with one attached hydrogen (secondary N) is 4. The van der Waals surface area contributed by atoms with Crippen molar-refractivity contribution in [3.63, 3.8) is 0 Å². The van der Waals surface area contributed by atoms with E-state index in [1.165, 1.54) is 0 Å². The second-order valence-corrected chi connectivity index (χ2v) is 9.60. The topological polar surface area (TPSA) is 270 Å². The minimum Gasteiger partial charge on any atom is -0.394 e. The molecule has 15 nitrogen and oxygen atoms in total. The van der Waals surface area contributed by atoms with Gasteiger partial charge in [0.25, 0.3) is 0 Å². The number of primary amides is 1. The molecule has 0 aliphatic heterocycles. The number of aliphatic hydroxyl groups is 1. The number of rotatable bonds is 18. The highest BCUT2D eigenvalue weighted by Gasteiger charge is 2.29. The van der Waals surface area contributed by atoms with Crippen LogP contribution in [0.25, 0.3) is 0 Å². The lowest BCUT2D eigenvalue weighted by Gasteiger charge is -2.25. The summed E-state index contributed by atoms with van der Waals surface area (Å²) in [5.41, 5.74) is 22.7. The van der Waals surface area contributed by atoms with Crippen molar-refractivity contribution >= 4 is 35.5 Å². The van der Waals surface area contributed by atoms with E-state index >= 15 is 0 Å². The average molecular weight is 578 g/mol. The van der Waals surface area contributed by atoms with Gasteiger partial charge in [0.2, 0.25) is 29.5 Å². The molecule has 0 saturated heterocycles.